The third-order valence-corrected chi connectivity index (χ3v) is 11.0. The largest absolute Gasteiger partial charge is 0.460 e. The van der Waals surface area contributed by atoms with E-state index in [4.69, 9.17) is 13.3 Å². The van der Waals surface area contributed by atoms with E-state index >= 15 is 0 Å². The average Bonchev–Trinajstić information content (AvgIpc) is 3.95. The summed E-state index contributed by atoms with van der Waals surface area (Å²) >= 11 is 0. The van der Waals surface area contributed by atoms with Gasteiger partial charge in [-0.1, -0.05) is 78.9 Å². The summed E-state index contributed by atoms with van der Waals surface area (Å²) in [4.78, 5) is 0. The maximum absolute atomic E-state index is 6.50. The molecular formula is C48H29NO3. The Kier molecular flexibility index (Phi) is 5.58. The number of nitrogens with zero attached hydrogens (tertiary/aromatic N) is 1. The number of aryl methyl sites for hydroxylation is 1. The topological polar surface area (TPSA) is 44.4 Å². The fourth-order valence-electron chi connectivity index (χ4n) is 8.65. The van der Waals surface area contributed by atoms with E-state index < -0.39 is 0 Å². The maximum Gasteiger partial charge on any atom is 0.136 e. The molecule has 4 nitrogen and oxygen atoms in total. The van der Waals surface area contributed by atoms with Crippen molar-refractivity contribution in [1.82, 2.24) is 4.57 Å². The first-order chi connectivity index (χ1) is 25.7. The van der Waals surface area contributed by atoms with Crippen molar-refractivity contribution < 1.29 is 13.3 Å². The molecule has 1 aliphatic rings. The minimum Gasteiger partial charge on any atom is -0.460 e. The van der Waals surface area contributed by atoms with Crippen LogP contribution in [0.15, 0.2) is 159 Å². The number of fused-ring (bicyclic) bond motifs is 13. The summed E-state index contributed by atoms with van der Waals surface area (Å²) in [5.41, 5.74) is 13.7. The summed E-state index contributed by atoms with van der Waals surface area (Å²) in [6, 6.07) is 49.8. The van der Waals surface area contributed by atoms with E-state index in [0.29, 0.717) is 0 Å². The lowest BCUT2D eigenvalue weighted by atomic mass is 9.96. The maximum atomic E-state index is 6.50. The number of hydrogen-bond donors (Lipinski definition) is 0. The molecule has 0 spiro atoms. The predicted molar refractivity (Wildman–Crippen MR) is 213 cm³/mol. The van der Waals surface area contributed by atoms with E-state index in [2.05, 4.69) is 144 Å². The van der Waals surface area contributed by atoms with Gasteiger partial charge in [-0.05, 0) is 101 Å². The number of furan rings is 3. The van der Waals surface area contributed by atoms with Gasteiger partial charge in [0.05, 0.1) is 11.0 Å². The molecule has 4 heterocycles. The van der Waals surface area contributed by atoms with Crippen molar-refractivity contribution in [1.29, 1.82) is 0 Å². The molecule has 1 aliphatic carbocycles. The first-order valence-corrected chi connectivity index (χ1v) is 17.9. The summed E-state index contributed by atoms with van der Waals surface area (Å²) in [6.07, 6.45) is 6.44. The summed E-state index contributed by atoms with van der Waals surface area (Å²) in [6.45, 7) is 0. The van der Waals surface area contributed by atoms with Gasteiger partial charge in [-0.25, -0.2) is 0 Å². The average molecular weight is 668 g/mol. The van der Waals surface area contributed by atoms with Crippen LogP contribution < -0.4 is 0 Å². The van der Waals surface area contributed by atoms with Gasteiger partial charge in [0.15, 0.2) is 0 Å². The van der Waals surface area contributed by atoms with Crippen LogP contribution in [0.4, 0.5) is 0 Å². The van der Waals surface area contributed by atoms with Crippen molar-refractivity contribution in [3.05, 3.63) is 157 Å². The molecule has 52 heavy (non-hydrogen) atoms. The van der Waals surface area contributed by atoms with Crippen LogP contribution in [0.2, 0.25) is 0 Å². The van der Waals surface area contributed by atoms with Crippen LogP contribution in [-0.2, 0) is 6.42 Å². The molecule has 0 unspecified atom stereocenters. The minimum absolute atomic E-state index is 0.851. The van der Waals surface area contributed by atoms with E-state index in [1.807, 2.05) is 12.1 Å². The number of aromatic nitrogens is 1. The zero-order chi connectivity index (χ0) is 33.9. The molecule has 11 aromatic rings. The van der Waals surface area contributed by atoms with Crippen LogP contribution >= 0.6 is 0 Å². The first kappa shape index (κ1) is 28.0. The van der Waals surface area contributed by atoms with Crippen LogP contribution in [-0.4, -0.2) is 4.57 Å². The van der Waals surface area contributed by atoms with Crippen molar-refractivity contribution in [2.75, 3.05) is 0 Å². The molecule has 0 bridgehead atoms. The number of benzene rings is 7. The van der Waals surface area contributed by atoms with Crippen LogP contribution in [0.3, 0.4) is 0 Å². The number of para-hydroxylation sites is 2. The molecular weight excluding hydrogens is 639 g/mol. The summed E-state index contributed by atoms with van der Waals surface area (Å²) in [7, 11) is 0. The summed E-state index contributed by atoms with van der Waals surface area (Å²) in [5, 5.41) is 7.96. The lowest BCUT2D eigenvalue weighted by Crippen LogP contribution is -1.93. The molecule has 0 saturated carbocycles. The Bertz CT molecular complexity index is 3250. The molecule has 0 fully saturated rings. The molecule has 0 N–H and O–H groups in total. The Balaban J connectivity index is 1.03. The van der Waals surface area contributed by atoms with Gasteiger partial charge in [0, 0.05) is 55.4 Å². The quantitative estimate of drug-likeness (QED) is 0.188. The van der Waals surface area contributed by atoms with E-state index in [9.17, 15) is 0 Å². The number of rotatable bonds is 3. The Labute approximate surface area is 297 Å². The van der Waals surface area contributed by atoms with E-state index in [1.165, 1.54) is 43.9 Å². The highest BCUT2D eigenvalue weighted by molar-refractivity contribution is 6.26. The Hall–Kier alpha value is -6.78. The monoisotopic (exact) mass is 667 g/mol. The van der Waals surface area contributed by atoms with E-state index in [-0.39, 0.29) is 0 Å². The van der Waals surface area contributed by atoms with Gasteiger partial charge in [-0.15, -0.1) is 0 Å². The third kappa shape index (κ3) is 3.92. The molecule has 244 valence electrons. The summed E-state index contributed by atoms with van der Waals surface area (Å²) in [5.74, 6) is 1.09. The molecule has 0 atom stereocenters. The molecule has 4 heteroatoms. The number of allylic oxidation sites excluding steroid dienone is 1. The highest BCUT2D eigenvalue weighted by atomic mass is 16.3. The van der Waals surface area contributed by atoms with Crippen LogP contribution in [0, 0.1) is 0 Å². The lowest BCUT2D eigenvalue weighted by molar-refractivity contribution is 0.546. The second kappa shape index (κ2) is 10.4. The minimum atomic E-state index is 0.851. The smallest absolute Gasteiger partial charge is 0.136 e. The van der Waals surface area contributed by atoms with Gasteiger partial charge in [0.2, 0.25) is 0 Å². The van der Waals surface area contributed by atoms with Gasteiger partial charge in [-0.3, -0.25) is 0 Å². The highest BCUT2D eigenvalue weighted by Crippen LogP contribution is 2.43. The van der Waals surface area contributed by atoms with Crippen molar-refractivity contribution in [3.8, 4) is 27.9 Å². The zero-order valence-electron chi connectivity index (χ0n) is 28.0. The van der Waals surface area contributed by atoms with Crippen molar-refractivity contribution in [2.45, 2.75) is 12.8 Å². The molecule has 0 aliphatic heterocycles. The second-order valence-corrected chi connectivity index (χ2v) is 13.9. The van der Waals surface area contributed by atoms with Gasteiger partial charge < -0.3 is 17.8 Å². The van der Waals surface area contributed by atoms with E-state index in [1.54, 1.807) is 0 Å². The highest BCUT2D eigenvalue weighted by Gasteiger charge is 2.20. The van der Waals surface area contributed by atoms with Gasteiger partial charge in [-0.2, -0.15) is 0 Å². The van der Waals surface area contributed by atoms with E-state index in [0.717, 1.165) is 84.9 Å². The molecule has 0 amide bonds. The number of hydrogen-bond acceptors (Lipinski definition) is 3. The standard InChI is InChI=1S/C48H29NO3/c1-4-13-39-33(10-1)34-11-2-5-14-40(34)49(39)32-18-21-44-38(27-32)48-46(52-44)23-22-45-47(48)37-26-31(17-20-43(37)51-45)29-9-7-8-28(24-29)30-16-19-42-36(25-30)35-12-3-6-15-41(35)50-42/h1-5,7-14,16-27H,6,15H2. The molecule has 7 aromatic carbocycles. The molecule has 0 radical (unpaired) electrons. The third-order valence-electron chi connectivity index (χ3n) is 11.0. The lowest BCUT2D eigenvalue weighted by Gasteiger charge is -2.08. The predicted octanol–water partition coefficient (Wildman–Crippen LogP) is 13.6. The fourth-order valence-corrected chi connectivity index (χ4v) is 8.65. The van der Waals surface area contributed by atoms with Crippen molar-refractivity contribution in [3.63, 3.8) is 0 Å². The van der Waals surface area contributed by atoms with Gasteiger partial charge in [0.25, 0.3) is 0 Å². The van der Waals surface area contributed by atoms with Crippen LogP contribution in [0.1, 0.15) is 17.7 Å². The molecule has 4 aromatic heterocycles. The molecule has 12 rings (SSSR count). The van der Waals surface area contributed by atoms with Crippen molar-refractivity contribution in [2.24, 2.45) is 0 Å². The Morgan fingerprint density at radius 2 is 0.981 bits per heavy atom. The van der Waals surface area contributed by atoms with Gasteiger partial charge in [0.1, 0.15) is 33.7 Å². The first-order valence-electron chi connectivity index (χ1n) is 17.9. The fraction of sp³-hybridized carbons (Fsp3) is 0.0417. The molecule has 0 saturated heterocycles. The van der Waals surface area contributed by atoms with Crippen LogP contribution in [0.25, 0.3) is 111 Å². The summed E-state index contributed by atoms with van der Waals surface area (Å²) < 4.78 is 21.5. The van der Waals surface area contributed by atoms with Crippen LogP contribution in [0.5, 0.6) is 0 Å². The van der Waals surface area contributed by atoms with Crippen molar-refractivity contribution >= 4 is 82.7 Å². The van der Waals surface area contributed by atoms with Gasteiger partial charge >= 0.3 is 0 Å². The normalized spacial score (nSPS) is 13.2. The second-order valence-electron chi connectivity index (χ2n) is 13.9. The Morgan fingerprint density at radius 1 is 0.423 bits per heavy atom. The Morgan fingerprint density at radius 3 is 1.67 bits per heavy atom. The zero-order valence-corrected chi connectivity index (χ0v) is 28.0. The SMILES string of the molecule is C1=Cc2c(oc3ccc(-c4cccc(-c5ccc6oc7ccc8oc9ccc(-n%10c%11ccccc%11c%11ccccc%11%10)cc9c8c7c6c5)c4)cc23)CC1.